The second kappa shape index (κ2) is 8.67. The molecule has 0 aliphatic heterocycles. The fourth-order valence-electron chi connectivity index (χ4n) is 3.57. The number of hydrogen-bond acceptors (Lipinski definition) is 4. The highest BCUT2D eigenvalue weighted by atomic mass is 15.1. The molecule has 138 valence electrons. The molecular formula is C23H26N4. The zero-order valence-corrected chi connectivity index (χ0v) is 15.6. The Kier molecular flexibility index (Phi) is 5.63. The van der Waals surface area contributed by atoms with Crippen molar-refractivity contribution in [1.82, 2.24) is 9.97 Å². The third-order valence-electron chi connectivity index (χ3n) is 5.03. The molecule has 1 aliphatic carbocycles. The number of nitrogens with one attached hydrogen (secondary N) is 2. The van der Waals surface area contributed by atoms with Crippen molar-refractivity contribution in [3.8, 4) is 11.4 Å². The van der Waals surface area contributed by atoms with Crippen LogP contribution >= 0.6 is 0 Å². The van der Waals surface area contributed by atoms with Crippen molar-refractivity contribution in [2.24, 2.45) is 0 Å². The number of aromatic nitrogens is 2. The summed E-state index contributed by atoms with van der Waals surface area (Å²) >= 11 is 0. The Morgan fingerprint density at radius 2 is 1.44 bits per heavy atom. The first-order valence-electron chi connectivity index (χ1n) is 9.86. The zero-order valence-electron chi connectivity index (χ0n) is 15.6. The molecule has 0 radical (unpaired) electrons. The van der Waals surface area contributed by atoms with Crippen LogP contribution < -0.4 is 10.6 Å². The smallest absolute Gasteiger partial charge is 0.163 e. The maximum Gasteiger partial charge on any atom is 0.163 e. The third kappa shape index (κ3) is 4.85. The van der Waals surface area contributed by atoms with Gasteiger partial charge in [0, 0.05) is 24.2 Å². The van der Waals surface area contributed by atoms with Gasteiger partial charge in [-0.25, -0.2) is 9.97 Å². The Bertz CT molecular complexity index is 843. The van der Waals surface area contributed by atoms with E-state index in [1.165, 1.54) is 37.7 Å². The minimum Gasteiger partial charge on any atom is -0.367 e. The molecule has 1 aliphatic rings. The summed E-state index contributed by atoms with van der Waals surface area (Å²) in [5.41, 5.74) is 2.27. The van der Waals surface area contributed by atoms with Gasteiger partial charge < -0.3 is 10.6 Å². The van der Waals surface area contributed by atoms with E-state index in [9.17, 15) is 0 Å². The Hall–Kier alpha value is -2.88. The molecule has 0 bridgehead atoms. The predicted octanol–water partition coefficient (Wildman–Crippen LogP) is 5.50. The van der Waals surface area contributed by atoms with Crippen molar-refractivity contribution in [3.05, 3.63) is 72.3 Å². The number of rotatable bonds is 6. The van der Waals surface area contributed by atoms with Crippen LogP contribution in [-0.2, 0) is 6.54 Å². The second-order valence-corrected chi connectivity index (χ2v) is 7.15. The molecule has 0 unspecified atom stereocenters. The Morgan fingerprint density at radius 3 is 2.19 bits per heavy atom. The van der Waals surface area contributed by atoms with E-state index >= 15 is 0 Å². The van der Waals surface area contributed by atoms with Crippen molar-refractivity contribution in [2.75, 3.05) is 10.6 Å². The fourth-order valence-corrected chi connectivity index (χ4v) is 3.57. The average Bonchev–Trinajstić information content (AvgIpc) is 2.74. The third-order valence-corrected chi connectivity index (χ3v) is 5.03. The predicted molar refractivity (Wildman–Crippen MR) is 112 cm³/mol. The van der Waals surface area contributed by atoms with Gasteiger partial charge in [0.25, 0.3) is 0 Å². The summed E-state index contributed by atoms with van der Waals surface area (Å²) < 4.78 is 0. The van der Waals surface area contributed by atoms with E-state index in [0.717, 1.165) is 29.6 Å². The van der Waals surface area contributed by atoms with Crippen LogP contribution in [0.5, 0.6) is 0 Å². The van der Waals surface area contributed by atoms with E-state index in [1.807, 2.05) is 30.3 Å². The molecule has 4 nitrogen and oxygen atoms in total. The van der Waals surface area contributed by atoms with E-state index < -0.39 is 0 Å². The number of anilines is 2. The number of hydrogen-bond donors (Lipinski definition) is 2. The van der Waals surface area contributed by atoms with Crippen molar-refractivity contribution in [2.45, 2.75) is 44.7 Å². The Labute approximate surface area is 161 Å². The zero-order chi connectivity index (χ0) is 18.3. The van der Waals surface area contributed by atoms with E-state index in [2.05, 4.69) is 47.0 Å². The van der Waals surface area contributed by atoms with E-state index in [4.69, 9.17) is 9.97 Å². The van der Waals surface area contributed by atoms with Gasteiger partial charge in [-0.05, 0) is 18.4 Å². The lowest BCUT2D eigenvalue weighted by Crippen LogP contribution is -2.23. The standard InChI is InChI=1S/C23H26N4/c1-4-10-18(11-5-1)17-24-21-16-22(25-20-14-8-3-9-15-20)27-23(26-21)19-12-6-2-7-13-19/h1-2,4-7,10-13,16,20H,3,8-9,14-15,17H2,(H2,24,25,26,27). The molecule has 1 aromatic heterocycles. The molecule has 0 atom stereocenters. The van der Waals surface area contributed by atoms with Gasteiger partial charge in [-0.3, -0.25) is 0 Å². The van der Waals surface area contributed by atoms with Crippen LogP contribution in [0.25, 0.3) is 11.4 Å². The van der Waals surface area contributed by atoms with Gasteiger partial charge in [0.05, 0.1) is 0 Å². The first kappa shape index (κ1) is 17.5. The minimum atomic E-state index is 0.513. The second-order valence-electron chi connectivity index (χ2n) is 7.15. The van der Waals surface area contributed by atoms with Crippen LogP contribution in [0.1, 0.15) is 37.7 Å². The van der Waals surface area contributed by atoms with Gasteiger partial charge in [-0.15, -0.1) is 0 Å². The molecule has 3 aromatic rings. The van der Waals surface area contributed by atoms with Crippen molar-refractivity contribution >= 4 is 11.6 Å². The molecular weight excluding hydrogens is 332 g/mol. The van der Waals surface area contributed by atoms with Gasteiger partial charge in [-0.1, -0.05) is 79.9 Å². The summed E-state index contributed by atoms with van der Waals surface area (Å²) in [6.45, 7) is 0.745. The van der Waals surface area contributed by atoms with Gasteiger partial charge in [0.2, 0.25) is 0 Å². The van der Waals surface area contributed by atoms with Crippen LogP contribution in [0.2, 0.25) is 0 Å². The SMILES string of the molecule is c1ccc(CNc2cc(NC3CCCCC3)nc(-c3ccccc3)n2)cc1. The largest absolute Gasteiger partial charge is 0.367 e. The van der Waals surface area contributed by atoms with Gasteiger partial charge in [0.15, 0.2) is 5.82 Å². The highest BCUT2D eigenvalue weighted by Crippen LogP contribution is 2.24. The van der Waals surface area contributed by atoms with Crippen molar-refractivity contribution < 1.29 is 0 Å². The maximum absolute atomic E-state index is 4.79. The van der Waals surface area contributed by atoms with Crippen LogP contribution in [0.3, 0.4) is 0 Å². The first-order chi connectivity index (χ1) is 13.4. The molecule has 1 heterocycles. The van der Waals surface area contributed by atoms with E-state index in [-0.39, 0.29) is 0 Å². The van der Waals surface area contributed by atoms with E-state index in [0.29, 0.717) is 6.04 Å². The van der Waals surface area contributed by atoms with Gasteiger partial charge in [-0.2, -0.15) is 0 Å². The lowest BCUT2D eigenvalue weighted by Gasteiger charge is -2.23. The summed E-state index contributed by atoms with van der Waals surface area (Å²) in [7, 11) is 0. The summed E-state index contributed by atoms with van der Waals surface area (Å²) in [5, 5.41) is 7.10. The highest BCUT2D eigenvalue weighted by molar-refractivity contribution is 5.61. The maximum atomic E-state index is 4.79. The molecule has 0 saturated heterocycles. The van der Waals surface area contributed by atoms with Crippen molar-refractivity contribution in [1.29, 1.82) is 0 Å². The van der Waals surface area contributed by atoms with E-state index in [1.54, 1.807) is 0 Å². The molecule has 1 saturated carbocycles. The van der Waals surface area contributed by atoms with Crippen LogP contribution in [0.15, 0.2) is 66.7 Å². The highest BCUT2D eigenvalue weighted by Gasteiger charge is 2.15. The number of nitrogens with zero attached hydrogens (tertiary/aromatic N) is 2. The molecule has 0 spiro atoms. The first-order valence-corrected chi connectivity index (χ1v) is 9.86. The van der Waals surface area contributed by atoms with Crippen LogP contribution in [0.4, 0.5) is 11.6 Å². The Morgan fingerprint density at radius 1 is 0.778 bits per heavy atom. The molecule has 2 aromatic carbocycles. The summed E-state index contributed by atoms with van der Waals surface area (Å²) in [6, 6.07) is 23.1. The molecule has 4 rings (SSSR count). The van der Waals surface area contributed by atoms with Crippen LogP contribution in [-0.4, -0.2) is 16.0 Å². The molecule has 27 heavy (non-hydrogen) atoms. The van der Waals surface area contributed by atoms with Crippen molar-refractivity contribution in [3.63, 3.8) is 0 Å². The molecule has 1 fully saturated rings. The monoisotopic (exact) mass is 358 g/mol. The minimum absolute atomic E-state index is 0.513. The topological polar surface area (TPSA) is 49.8 Å². The van der Waals surface area contributed by atoms with Crippen LogP contribution in [0, 0.1) is 0 Å². The quantitative estimate of drug-likeness (QED) is 0.611. The lowest BCUT2D eigenvalue weighted by atomic mass is 9.95. The van der Waals surface area contributed by atoms with Gasteiger partial charge in [0.1, 0.15) is 11.6 Å². The van der Waals surface area contributed by atoms with Gasteiger partial charge >= 0.3 is 0 Å². The summed E-state index contributed by atoms with van der Waals surface area (Å²) in [5.74, 6) is 2.52. The normalized spacial score (nSPS) is 14.7. The molecule has 0 amide bonds. The average molecular weight is 358 g/mol. The lowest BCUT2D eigenvalue weighted by molar-refractivity contribution is 0.462. The summed E-state index contributed by atoms with van der Waals surface area (Å²) in [4.78, 5) is 9.54. The Balaban J connectivity index is 1.57. The fraction of sp³-hybridized carbons (Fsp3) is 0.304. The number of benzene rings is 2. The molecule has 2 N–H and O–H groups in total. The molecule has 4 heteroatoms. The summed E-state index contributed by atoms with van der Waals surface area (Å²) in [6.07, 6.45) is 6.39.